The molecule has 1 aromatic heterocycles. The van der Waals surface area contributed by atoms with E-state index in [-0.39, 0.29) is 0 Å². The molecule has 0 atom stereocenters. The number of pyridine rings is 1. The summed E-state index contributed by atoms with van der Waals surface area (Å²) in [5, 5.41) is 16.6. The van der Waals surface area contributed by atoms with Crippen molar-refractivity contribution in [2.45, 2.75) is 0 Å². The molecule has 0 radical (unpaired) electrons. The van der Waals surface area contributed by atoms with E-state index in [0.29, 0.717) is 5.69 Å². The Morgan fingerprint density at radius 3 is 1.72 bits per heavy atom. The second kappa shape index (κ2) is 7.34. The summed E-state index contributed by atoms with van der Waals surface area (Å²) in [5.74, 6) is 0. The molecule has 0 saturated carbocycles. The highest BCUT2D eigenvalue weighted by Crippen LogP contribution is 2.44. The van der Waals surface area contributed by atoms with Crippen LogP contribution in [0.2, 0.25) is 0 Å². The molecule has 6 aromatic rings. The van der Waals surface area contributed by atoms with Gasteiger partial charge >= 0.3 is 0 Å². The van der Waals surface area contributed by atoms with E-state index >= 15 is 0 Å². The SMILES string of the molecule is N#Cc1cc(-c2c3ccccc3c(-c3ccccc3)c3cc4ccccc4cc23)ccn1. The minimum Gasteiger partial charge on any atom is -0.246 e. The van der Waals surface area contributed by atoms with E-state index in [0.717, 1.165) is 11.1 Å². The second-order valence-electron chi connectivity index (χ2n) is 7.95. The molecule has 0 aliphatic carbocycles. The summed E-state index contributed by atoms with van der Waals surface area (Å²) < 4.78 is 0. The molecular formula is C30H18N2. The molecule has 5 aromatic carbocycles. The monoisotopic (exact) mass is 406 g/mol. The Hall–Kier alpha value is -4.48. The molecule has 2 nitrogen and oxygen atoms in total. The predicted molar refractivity (Wildman–Crippen MR) is 132 cm³/mol. The van der Waals surface area contributed by atoms with E-state index in [1.165, 1.54) is 43.4 Å². The van der Waals surface area contributed by atoms with Gasteiger partial charge in [0.25, 0.3) is 0 Å². The molecule has 0 N–H and O–H groups in total. The maximum atomic E-state index is 9.46. The lowest BCUT2D eigenvalue weighted by Crippen LogP contribution is -1.92. The highest BCUT2D eigenvalue weighted by Gasteiger charge is 2.17. The number of rotatable bonds is 2. The Bertz CT molecular complexity index is 1680. The molecule has 0 aliphatic rings. The van der Waals surface area contributed by atoms with Crippen molar-refractivity contribution in [3.05, 3.63) is 115 Å². The molecule has 0 saturated heterocycles. The second-order valence-corrected chi connectivity index (χ2v) is 7.95. The van der Waals surface area contributed by atoms with Gasteiger partial charge < -0.3 is 0 Å². The van der Waals surface area contributed by atoms with Crippen LogP contribution in [0.25, 0.3) is 54.6 Å². The molecule has 1 heterocycles. The van der Waals surface area contributed by atoms with Gasteiger partial charge in [-0.1, -0.05) is 78.9 Å². The fourth-order valence-corrected chi connectivity index (χ4v) is 4.74. The third-order valence-electron chi connectivity index (χ3n) is 6.12. The number of aromatic nitrogens is 1. The summed E-state index contributed by atoms with van der Waals surface area (Å²) in [6.07, 6.45) is 1.72. The van der Waals surface area contributed by atoms with E-state index in [2.05, 4.69) is 102 Å². The molecule has 32 heavy (non-hydrogen) atoms. The predicted octanol–water partition coefficient (Wildman–Crippen LogP) is 7.75. The quantitative estimate of drug-likeness (QED) is 0.276. The zero-order valence-corrected chi connectivity index (χ0v) is 17.3. The van der Waals surface area contributed by atoms with Crippen LogP contribution >= 0.6 is 0 Å². The Labute approximate surface area is 186 Å². The number of hydrogen-bond donors (Lipinski definition) is 0. The molecule has 0 aliphatic heterocycles. The van der Waals surface area contributed by atoms with Crippen LogP contribution in [0.15, 0.2) is 109 Å². The van der Waals surface area contributed by atoms with Gasteiger partial charge in [0.1, 0.15) is 11.8 Å². The molecule has 0 unspecified atom stereocenters. The minimum atomic E-state index is 0.424. The Balaban J connectivity index is 1.88. The molecule has 2 heteroatoms. The van der Waals surface area contributed by atoms with Crippen LogP contribution in [0.1, 0.15) is 5.69 Å². The van der Waals surface area contributed by atoms with Crippen molar-refractivity contribution in [1.29, 1.82) is 5.26 Å². The normalized spacial score (nSPS) is 11.1. The minimum absolute atomic E-state index is 0.424. The summed E-state index contributed by atoms with van der Waals surface area (Å²) in [6.45, 7) is 0. The highest BCUT2D eigenvalue weighted by atomic mass is 14.7. The first-order valence-electron chi connectivity index (χ1n) is 10.6. The van der Waals surface area contributed by atoms with Crippen LogP contribution in [0.4, 0.5) is 0 Å². The molecule has 148 valence electrons. The third kappa shape index (κ3) is 2.84. The van der Waals surface area contributed by atoms with Gasteiger partial charge in [-0.3, -0.25) is 0 Å². The van der Waals surface area contributed by atoms with Crippen molar-refractivity contribution in [1.82, 2.24) is 4.98 Å². The van der Waals surface area contributed by atoms with Crippen LogP contribution in [-0.4, -0.2) is 4.98 Å². The molecule has 0 fully saturated rings. The van der Waals surface area contributed by atoms with E-state index in [1.54, 1.807) is 6.20 Å². The van der Waals surface area contributed by atoms with Crippen molar-refractivity contribution < 1.29 is 0 Å². The van der Waals surface area contributed by atoms with Crippen LogP contribution in [-0.2, 0) is 0 Å². The molecular weight excluding hydrogens is 388 g/mol. The lowest BCUT2D eigenvalue weighted by Gasteiger charge is -2.18. The van der Waals surface area contributed by atoms with Crippen molar-refractivity contribution in [2.75, 3.05) is 0 Å². The Kier molecular flexibility index (Phi) is 4.20. The Morgan fingerprint density at radius 1 is 0.531 bits per heavy atom. The van der Waals surface area contributed by atoms with E-state index in [1.807, 2.05) is 12.1 Å². The van der Waals surface area contributed by atoms with Crippen LogP contribution in [0.5, 0.6) is 0 Å². The van der Waals surface area contributed by atoms with Crippen LogP contribution in [0, 0.1) is 11.3 Å². The smallest absolute Gasteiger partial charge is 0.141 e. The number of hydrogen-bond acceptors (Lipinski definition) is 2. The lowest BCUT2D eigenvalue weighted by molar-refractivity contribution is 1.27. The van der Waals surface area contributed by atoms with E-state index < -0.39 is 0 Å². The summed E-state index contributed by atoms with van der Waals surface area (Å²) in [6, 6.07) is 38.3. The van der Waals surface area contributed by atoms with Gasteiger partial charge in [0.05, 0.1) is 0 Å². The zero-order chi connectivity index (χ0) is 21.5. The topological polar surface area (TPSA) is 36.7 Å². The summed E-state index contributed by atoms with van der Waals surface area (Å²) in [5.41, 5.74) is 5.00. The number of nitriles is 1. The molecule has 0 amide bonds. The van der Waals surface area contributed by atoms with Crippen molar-refractivity contribution in [3.63, 3.8) is 0 Å². The van der Waals surface area contributed by atoms with Crippen molar-refractivity contribution in [2.24, 2.45) is 0 Å². The van der Waals surface area contributed by atoms with Crippen molar-refractivity contribution in [3.8, 4) is 28.3 Å². The maximum Gasteiger partial charge on any atom is 0.141 e. The van der Waals surface area contributed by atoms with Crippen molar-refractivity contribution >= 4 is 32.3 Å². The number of fused-ring (bicyclic) bond motifs is 3. The lowest BCUT2D eigenvalue weighted by atomic mass is 9.85. The van der Waals surface area contributed by atoms with E-state index in [9.17, 15) is 5.26 Å². The average molecular weight is 406 g/mol. The molecule has 6 rings (SSSR count). The van der Waals surface area contributed by atoms with Crippen LogP contribution < -0.4 is 0 Å². The average Bonchev–Trinajstić information content (AvgIpc) is 2.86. The zero-order valence-electron chi connectivity index (χ0n) is 17.3. The van der Waals surface area contributed by atoms with Crippen LogP contribution in [0.3, 0.4) is 0 Å². The first-order valence-corrected chi connectivity index (χ1v) is 10.6. The summed E-state index contributed by atoms with van der Waals surface area (Å²) in [4.78, 5) is 4.20. The Morgan fingerprint density at radius 2 is 1.09 bits per heavy atom. The van der Waals surface area contributed by atoms with Gasteiger partial charge in [0, 0.05) is 6.20 Å². The summed E-state index contributed by atoms with van der Waals surface area (Å²) >= 11 is 0. The first kappa shape index (κ1) is 18.3. The third-order valence-corrected chi connectivity index (χ3v) is 6.12. The number of benzene rings is 5. The fraction of sp³-hybridized carbons (Fsp3) is 0. The first-order chi connectivity index (χ1) is 15.8. The standard InChI is InChI=1S/C30H18N2/c31-19-24-16-23(14-15-32-24)30-26-13-7-6-12-25(26)29(20-8-2-1-3-9-20)27-17-21-10-4-5-11-22(21)18-28(27)30/h1-18H. The number of nitrogens with zero attached hydrogens (tertiary/aromatic N) is 2. The highest BCUT2D eigenvalue weighted by molar-refractivity contribution is 6.23. The van der Waals surface area contributed by atoms with Gasteiger partial charge in [0.2, 0.25) is 0 Å². The van der Waals surface area contributed by atoms with Gasteiger partial charge in [-0.15, -0.1) is 0 Å². The molecule has 0 bridgehead atoms. The maximum absolute atomic E-state index is 9.46. The van der Waals surface area contributed by atoms with E-state index in [4.69, 9.17) is 0 Å². The fourth-order valence-electron chi connectivity index (χ4n) is 4.74. The van der Waals surface area contributed by atoms with Gasteiger partial charge in [0.15, 0.2) is 0 Å². The molecule has 0 spiro atoms. The van der Waals surface area contributed by atoms with Gasteiger partial charge in [-0.05, 0) is 78.8 Å². The van der Waals surface area contributed by atoms with Gasteiger partial charge in [-0.2, -0.15) is 5.26 Å². The largest absolute Gasteiger partial charge is 0.246 e. The van der Waals surface area contributed by atoms with Gasteiger partial charge in [-0.25, -0.2) is 4.98 Å². The summed E-state index contributed by atoms with van der Waals surface area (Å²) in [7, 11) is 0.